The van der Waals surface area contributed by atoms with Crippen molar-refractivity contribution in [2.45, 2.75) is 20.1 Å². The highest BCUT2D eigenvalue weighted by Crippen LogP contribution is 2.28. The summed E-state index contributed by atoms with van der Waals surface area (Å²) in [5, 5.41) is 11.6. The third kappa shape index (κ3) is 5.35. The molecule has 7 nitrogen and oxygen atoms in total. The molecule has 8 heteroatoms. The summed E-state index contributed by atoms with van der Waals surface area (Å²) in [6, 6.07) is 19.0. The topological polar surface area (TPSA) is 95.9 Å². The zero-order chi connectivity index (χ0) is 24.2. The first-order valence-electron chi connectivity index (χ1n) is 10.4. The lowest BCUT2D eigenvalue weighted by Crippen LogP contribution is -2.30. The number of imide groups is 1. The van der Waals surface area contributed by atoms with Crippen molar-refractivity contribution in [2.75, 3.05) is 0 Å². The van der Waals surface area contributed by atoms with Gasteiger partial charge in [-0.15, -0.1) is 0 Å². The van der Waals surface area contributed by atoms with Crippen molar-refractivity contribution in [1.82, 2.24) is 10.2 Å². The highest BCUT2D eigenvalue weighted by atomic mass is 79.9. The Morgan fingerprint density at radius 1 is 1.03 bits per heavy atom. The van der Waals surface area contributed by atoms with E-state index < -0.39 is 12.0 Å². The predicted molar refractivity (Wildman–Crippen MR) is 130 cm³/mol. The number of benzene rings is 3. The second-order valence-electron chi connectivity index (χ2n) is 7.85. The Morgan fingerprint density at radius 2 is 1.71 bits per heavy atom. The van der Waals surface area contributed by atoms with Crippen LogP contribution in [0.25, 0.3) is 6.08 Å². The summed E-state index contributed by atoms with van der Waals surface area (Å²) in [7, 11) is 0. The van der Waals surface area contributed by atoms with Gasteiger partial charge < -0.3 is 15.2 Å². The van der Waals surface area contributed by atoms with E-state index in [1.54, 1.807) is 36.4 Å². The molecule has 0 aromatic heterocycles. The first kappa shape index (κ1) is 23.3. The molecule has 4 rings (SSSR count). The second-order valence-corrected chi connectivity index (χ2v) is 8.70. The van der Waals surface area contributed by atoms with Crippen LogP contribution < -0.4 is 10.1 Å². The number of hydrogen-bond acceptors (Lipinski definition) is 4. The molecule has 0 saturated carbocycles. The molecule has 0 radical (unpaired) electrons. The van der Waals surface area contributed by atoms with Crippen molar-refractivity contribution < 1.29 is 24.2 Å². The maximum atomic E-state index is 12.8. The molecule has 0 spiro atoms. The van der Waals surface area contributed by atoms with Crippen molar-refractivity contribution in [1.29, 1.82) is 0 Å². The van der Waals surface area contributed by atoms with Crippen molar-refractivity contribution in [3.63, 3.8) is 0 Å². The Morgan fingerprint density at radius 3 is 2.35 bits per heavy atom. The number of nitrogens with zero attached hydrogens (tertiary/aromatic N) is 1. The van der Waals surface area contributed by atoms with Crippen LogP contribution >= 0.6 is 15.9 Å². The fraction of sp³-hybridized carbons (Fsp3) is 0.115. The SMILES string of the molecule is Cc1ccc(CN2C(=O)N/C(=C/c3ccc(OCc4ccc(C(=O)O)cc4)c(Br)c3)C2=O)cc1. The molecule has 1 fully saturated rings. The molecule has 0 unspecified atom stereocenters. The zero-order valence-electron chi connectivity index (χ0n) is 18.2. The molecule has 1 heterocycles. The molecule has 172 valence electrons. The number of carbonyl (C=O) groups excluding carboxylic acids is 2. The van der Waals surface area contributed by atoms with Crippen molar-refractivity contribution in [3.05, 3.63) is 105 Å². The highest BCUT2D eigenvalue weighted by Gasteiger charge is 2.33. The van der Waals surface area contributed by atoms with E-state index in [0.29, 0.717) is 15.8 Å². The minimum absolute atomic E-state index is 0.201. The minimum Gasteiger partial charge on any atom is -0.488 e. The van der Waals surface area contributed by atoms with Gasteiger partial charge in [0.25, 0.3) is 5.91 Å². The first-order chi connectivity index (χ1) is 16.3. The number of nitrogens with one attached hydrogen (secondary N) is 1. The van der Waals surface area contributed by atoms with E-state index in [9.17, 15) is 14.4 Å². The zero-order valence-corrected chi connectivity index (χ0v) is 19.8. The van der Waals surface area contributed by atoms with E-state index in [-0.39, 0.29) is 30.3 Å². The maximum absolute atomic E-state index is 12.8. The Labute approximate surface area is 204 Å². The molecular weight excluding hydrogens is 500 g/mol. The Bertz CT molecular complexity index is 1280. The Balaban J connectivity index is 1.42. The molecule has 0 aliphatic carbocycles. The molecule has 1 aliphatic rings. The van der Waals surface area contributed by atoms with Crippen molar-refractivity contribution >= 4 is 39.9 Å². The Hall–Kier alpha value is -3.91. The molecule has 1 aliphatic heterocycles. The van der Waals surface area contributed by atoms with Gasteiger partial charge in [0.05, 0.1) is 16.6 Å². The first-order valence-corrected chi connectivity index (χ1v) is 11.2. The van der Waals surface area contributed by atoms with Crippen LogP contribution in [0.3, 0.4) is 0 Å². The summed E-state index contributed by atoms with van der Waals surface area (Å²) in [5.41, 5.74) is 3.94. The molecule has 3 amide bonds. The van der Waals surface area contributed by atoms with Gasteiger partial charge in [-0.2, -0.15) is 0 Å². The van der Waals surface area contributed by atoms with Gasteiger partial charge in [-0.25, -0.2) is 9.59 Å². The van der Waals surface area contributed by atoms with Crippen LogP contribution in [0.2, 0.25) is 0 Å². The van der Waals surface area contributed by atoms with Crippen LogP contribution in [0.5, 0.6) is 5.75 Å². The van der Waals surface area contributed by atoms with Gasteiger partial charge in [-0.3, -0.25) is 9.69 Å². The molecule has 34 heavy (non-hydrogen) atoms. The number of aromatic carboxylic acids is 1. The number of carboxylic acids is 1. The van der Waals surface area contributed by atoms with Gasteiger partial charge in [0.1, 0.15) is 18.1 Å². The van der Waals surface area contributed by atoms with Crippen LogP contribution in [0.15, 0.2) is 76.9 Å². The number of amides is 3. The number of aryl methyl sites for hydroxylation is 1. The molecule has 2 N–H and O–H groups in total. The van der Waals surface area contributed by atoms with Gasteiger partial charge in [-0.1, -0.05) is 48.0 Å². The van der Waals surface area contributed by atoms with E-state index in [1.807, 2.05) is 31.2 Å². The average Bonchev–Trinajstić information content (AvgIpc) is 3.07. The summed E-state index contributed by atoms with van der Waals surface area (Å²) < 4.78 is 6.50. The summed E-state index contributed by atoms with van der Waals surface area (Å²) in [5.74, 6) is -0.769. The minimum atomic E-state index is -0.977. The van der Waals surface area contributed by atoms with E-state index >= 15 is 0 Å². The van der Waals surface area contributed by atoms with Crippen LogP contribution in [0, 0.1) is 6.92 Å². The van der Waals surface area contributed by atoms with Gasteiger partial charge >= 0.3 is 12.0 Å². The molecule has 1 saturated heterocycles. The standard InChI is InChI=1S/C26H21BrN2O5/c1-16-2-4-17(5-3-16)14-29-24(30)22(28-26(29)33)13-19-8-11-23(21(27)12-19)34-15-18-6-9-20(10-7-18)25(31)32/h2-13H,14-15H2,1H3,(H,28,33)(H,31,32)/b22-13+. The van der Waals surface area contributed by atoms with E-state index in [2.05, 4.69) is 21.2 Å². The smallest absolute Gasteiger partial charge is 0.335 e. The lowest BCUT2D eigenvalue weighted by molar-refractivity contribution is -0.123. The third-order valence-corrected chi connectivity index (χ3v) is 5.91. The average molecular weight is 521 g/mol. The van der Waals surface area contributed by atoms with Gasteiger partial charge in [0.2, 0.25) is 0 Å². The quantitative estimate of drug-likeness (QED) is 0.332. The lowest BCUT2D eigenvalue weighted by atomic mass is 10.1. The van der Waals surface area contributed by atoms with Crippen LogP contribution in [0.1, 0.15) is 32.6 Å². The number of halogens is 1. The van der Waals surface area contributed by atoms with Crippen LogP contribution in [-0.2, 0) is 17.9 Å². The third-order valence-electron chi connectivity index (χ3n) is 5.29. The van der Waals surface area contributed by atoms with Gasteiger partial charge in [0.15, 0.2) is 0 Å². The van der Waals surface area contributed by atoms with Gasteiger partial charge in [0, 0.05) is 0 Å². The number of ether oxygens (including phenoxy) is 1. The summed E-state index contributed by atoms with van der Waals surface area (Å²) in [4.78, 5) is 37.2. The molecule has 3 aromatic carbocycles. The molecule has 0 atom stereocenters. The van der Waals surface area contributed by atoms with E-state index in [4.69, 9.17) is 9.84 Å². The fourth-order valence-electron chi connectivity index (χ4n) is 3.39. The maximum Gasteiger partial charge on any atom is 0.335 e. The lowest BCUT2D eigenvalue weighted by Gasteiger charge is -2.12. The normalized spacial score (nSPS) is 14.4. The van der Waals surface area contributed by atoms with E-state index in [1.165, 1.54) is 17.0 Å². The predicted octanol–water partition coefficient (Wildman–Crippen LogP) is 5.13. The van der Waals surface area contributed by atoms with Crippen LogP contribution in [0.4, 0.5) is 4.79 Å². The van der Waals surface area contributed by atoms with E-state index in [0.717, 1.165) is 16.7 Å². The number of rotatable bonds is 7. The molecule has 3 aromatic rings. The highest BCUT2D eigenvalue weighted by molar-refractivity contribution is 9.10. The van der Waals surface area contributed by atoms with Crippen molar-refractivity contribution in [2.24, 2.45) is 0 Å². The molecular formula is C26H21BrN2O5. The van der Waals surface area contributed by atoms with Crippen LogP contribution in [-0.4, -0.2) is 27.9 Å². The largest absolute Gasteiger partial charge is 0.488 e. The fourth-order valence-corrected chi connectivity index (χ4v) is 3.90. The summed E-state index contributed by atoms with van der Waals surface area (Å²) in [6.07, 6.45) is 1.62. The number of urea groups is 1. The second kappa shape index (κ2) is 9.93. The number of hydrogen-bond donors (Lipinski definition) is 2. The summed E-state index contributed by atoms with van der Waals surface area (Å²) >= 11 is 3.48. The number of carbonyl (C=O) groups is 3. The molecule has 0 bridgehead atoms. The number of carboxylic acid groups (broad SMARTS) is 1. The Kier molecular flexibility index (Phi) is 6.79. The van der Waals surface area contributed by atoms with Crippen molar-refractivity contribution in [3.8, 4) is 5.75 Å². The summed E-state index contributed by atoms with van der Waals surface area (Å²) in [6.45, 7) is 2.44. The monoisotopic (exact) mass is 520 g/mol. The van der Waals surface area contributed by atoms with Gasteiger partial charge in [-0.05, 0) is 69.9 Å².